The molecule has 2 aliphatic rings. The van der Waals surface area contributed by atoms with Crippen LogP contribution in [0.5, 0.6) is 0 Å². The number of H-pyrrole nitrogens is 1. The minimum Gasteiger partial charge on any atom is -0.353 e. The lowest BCUT2D eigenvalue weighted by atomic mass is 10.2. The summed E-state index contributed by atoms with van der Waals surface area (Å²) >= 11 is 1.77. The molecule has 134 valence electrons. The summed E-state index contributed by atoms with van der Waals surface area (Å²) < 4.78 is 13.5. The third kappa shape index (κ3) is 3.94. The van der Waals surface area contributed by atoms with Crippen LogP contribution < -0.4 is 9.73 Å². The van der Waals surface area contributed by atoms with Crippen molar-refractivity contribution < 1.29 is 9.47 Å². The van der Waals surface area contributed by atoms with Gasteiger partial charge in [-0.15, -0.1) is 0 Å². The number of rotatable bonds is 7. The van der Waals surface area contributed by atoms with E-state index in [4.69, 9.17) is 9.47 Å². The number of benzene rings is 1. The zero-order valence-electron chi connectivity index (χ0n) is 14.2. The normalized spacial score (nSPS) is 19.8. The standard InChI is InChI=1S/C18H24N4O2S/c1-2-8-15-14(7-1)17-18(20-15)22(13-19-21-17)25-12-6-5-11-24-16-9-3-4-10-23-16/h1-2,7-8,13,16,20-21H,3-6,9-12H2. The Bertz CT molecular complexity index is 727. The number of nitrogens with zero attached hydrogens (tertiary/aromatic N) is 2. The Morgan fingerprint density at radius 2 is 2.24 bits per heavy atom. The minimum absolute atomic E-state index is 0.0237. The minimum atomic E-state index is 0.0237. The van der Waals surface area contributed by atoms with Gasteiger partial charge in [-0.3, -0.25) is 9.73 Å². The third-order valence-electron chi connectivity index (χ3n) is 4.46. The number of ether oxygens (including phenoxy) is 2. The van der Waals surface area contributed by atoms with Gasteiger partial charge in [0.05, 0.1) is 0 Å². The molecule has 2 aromatic rings. The number of aromatic amines is 1. The first-order valence-corrected chi connectivity index (χ1v) is 9.91. The quantitative estimate of drug-likeness (QED) is 0.569. The van der Waals surface area contributed by atoms with Crippen molar-refractivity contribution in [3.8, 4) is 0 Å². The average Bonchev–Trinajstić information content (AvgIpc) is 3.05. The second-order valence-corrected chi connectivity index (χ2v) is 7.34. The van der Waals surface area contributed by atoms with Gasteiger partial charge < -0.3 is 14.5 Å². The number of hydrogen-bond donors (Lipinski definition) is 2. The molecule has 1 aromatic carbocycles. The molecule has 6 nitrogen and oxygen atoms in total. The average molecular weight is 360 g/mol. The summed E-state index contributed by atoms with van der Waals surface area (Å²) in [5, 5.41) is 5.43. The van der Waals surface area contributed by atoms with E-state index in [0.717, 1.165) is 55.3 Å². The molecule has 0 spiro atoms. The zero-order chi connectivity index (χ0) is 16.9. The van der Waals surface area contributed by atoms with Crippen LogP contribution in [-0.4, -0.2) is 36.6 Å². The Labute approximate surface area is 152 Å². The summed E-state index contributed by atoms with van der Waals surface area (Å²) in [6.07, 6.45) is 7.42. The molecule has 7 heteroatoms. The van der Waals surface area contributed by atoms with Crippen molar-refractivity contribution in [1.29, 1.82) is 0 Å². The first-order valence-electron chi connectivity index (χ1n) is 8.97. The molecular formula is C18H24N4O2S. The maximum atomic E-state index is 5.78. The second kappa shape index (κ2) is 8.12. The number of hydrogen-bond acceptors (Lipinski definition) is 6. The predicted molar refractivity (Wildman–Crippen MR) is 104 cm³/mol. The zero-order valence-corrected chi connectivity index (χ0v) is 15.1. The van der Waals surface area contributed by atoms with Crippen LogP contribution in [0.1, 0.15) is 32.1 Å². The van der Waals surface area contributed by atoms with Gasteiger partial charge in [-0.2, -0.15) is 5.10 Å². The van der Waals surface area contributed by atoms with Gasteiger partial charge >= 0.3 is 0 Å². The van der Waals surface area contributed by atoms with Crippen LogP contribution in [0.25, 0.3) is 10.9 Å². The second-order valence-electron chi connectivity index (χ2n) is 6.28. The van der Waals surface area contributed by atoms with Crippen molar-refractivity contribution in [3.05, 3.63) is 24.3 Å². The maximum Gasteiger partial charge on any atom is 0.157 e. The molecule has 25 heavy (non-hydrogen) atoms. The van der Waals surface area contributed by atoms with E-state index < -0.39 is 0 Å². The topological polar surface area (TPSA) is 61.9 Å². The van der Waals surface area contributed by atoms with Gasteiger partial charge in [0.25, 0.3) is 0 Å². The number of fused-ring (bicyclic) bond motifs is 3. The molecular weight excluding hydrogens is 336 g/mol. The maximum absolute atomic E-state index is 5.78. The van der Waals surface area contributed by atoms with Gasteiger partial charge in [-0.1, -0.05) is 18.2 Å². The van der Waals surface area contributed by atoms with E-state index in [-0.39, 0.29) is 6.29 Å². The highest BCUT2D eigenvalue weighted by molar-refractivity contribution is 8.01. The molecule has 1 unspecified atom stereocenters. The van der Waals surface area contributed by atoms with E-state index >= 15 is 0 Å². The highest BCUT2D eigenvalue weighted by Crippen LogP contribution is 2.38. The van der Waals surface area contributed by atoms with Crippen molar-refractivity contribution in [2.45, 2.75) is 38.4 Å². The first kappa shape index (κ1) is 16.8. The van der Waals surface area contributed by atoms with Gasteiger partial charge in [0.2, 0.25) is 0 Å². The van der Waals surface area contributed by atoms with Crippen molar-refractivity contribution in [3.63, 3.8) is 0 Å². The number of nitrogens with one attached hydrogen (secondary N) is 2. The molecule has 0 radical (unpaired) electrons. The predicted octanol–water partition coefficient (Wildman–Crippen LogP) is 4.31. The fraction of sp³-hybridized carbons (Fsp3) is 0.500. The Balaban J connectivity index is 1.23. The van der Waals surface area contributed by atoms with Crippen LogP contribution in [0, 0.1) is 0 Å². The van der Waals surface area contributed by atoms with E-state index in [9.17, 15) is 0 Å². The Morgan fingerprint density at radius 3 is 3.16 bits per heavy atom. The van der Waals surface area contributed by atoms with E-state index in [2.05, 4.69) is 31.9 Å². The molecule has 3 heterocycles. The smallest absolute Gasteiger partial charge is 0.157 e. The SMILES string of the molecule is C1=NNc2c([nH]c3ccccc23)N1SCCCCOC1CCCCO1. The van der Waals surface area contributed by atoms with Gasteiger partial charge in [0, 0.05) is 29.9 Å². The summed E-state index contributed by atoms with van der Waals surface area (Å²) in [5.74, 6) is 2.09. The largest absolute Gasteiger partial charge is 0.353 e. The van der Waals surface area contributed by atoms with Crippen molar-refractivity contribution >= 4 is 40.7 Å². The fourth-order valence-corrected chi connectivity index (χ4v) is 4.04. The lowest BCUT2D eigenvalue weighted by molar-refractivity contribution is -0.162. The number of anilines is 2. The van der Waals surface area contributed by atoms with Gasteiger partial charge in [0.15, 0.2) is 6.29 Å². The monoisotopic (exact) mass is 360 g/mol. The molecule has 0 saturated carbocycles. The summed E-state index contributed by atoms with van der Waals surface area (Å²) in [6, 6.07) is 8.28. The summed E-state index contributed by atoms with van der Waals surface area (Å²) in [6.45, 7) is 1.62. The molecule has 4 rings (SSSR count). The van der Waals surface area contributed by atoms with Crippen LogP contribution in [0.15, 0.2) is 29.4 Å². The van der Waals surface area contributed by atoms with E-state index in [0.29, 0.717) is 0 Å². The molecule has 1 fully saturated rings. The van der Waals surface area contributed by atoms with E-state index in [1.807, 2.05) is 18.5 Å². The van der Waals surface area contributed by atoms with Crippen LogP contribution >= 0.6 is 11.9 Å². The lowest BCUT2D eigenvalue weighted by Crippen LogP contribution is -2.22. The number of aromatic nitrogens is 1. The van der Waals surface area contributed by atoms with Gasteiger partial charge in [-0.05, 0) is 50.1 Å². The highest BCUT2D eigenvalue weighted by atomic mass is 32.2. The molecule has 2 N–H and O–H groups in total. The molecule has 0 bridgehead atoms. The van der Waals surface area contributed by atoms with Crippen molar-refractivity contribution in [2.75, 3.05) is 28.7 Å². The Morgan fingerprint density at radius 1 is 1.28 bits per heavy atom. The fourth-order valence-electron chi connectivity index (χ4n) is 3.13. The van der Waals surface area contributed by atoms with Crippen molar-refractivity contribution in [2.24, 2.45) is 5.10 Å². The molecule has 1 saturated heterocycles. The van der Waals surface area contributed by atoms with Crippen LogP contribution in [0.3, 0.4) is 0 Å². The third-order valence-corrected chi connectivity index (χ3v) is 5.48. The Hall–Kier alpha value is -1.70. The van der Waals surface area contributed by atoms with Gasteiger partial charge in [0.1, 0.15) is 17.8 Å². The molecule has 0 aliphatic carbocycles. The molecule has 0 amide bonds. The van der Waals surface area contributed by atoms with Crippen molar-refractivity contribution in [1.82, 2.24) is 4.98 Å². The van der Waals surface area contributed by atoms with Crippen LogP contribution in [0.2, 0.25) is 0 Å². The summed E-state index contributed by atoms with van der Waals surface area (Å²) in [4.78, 5) is 3.47. The summed E-state index contributed by atoms with van der Waals surface area (Å²) in [5.41, 5.74) is 5.28. The molecule has 1 aromatic heterocycles. The lowest BCUT2D eigenvalue weighted by Gasteiger charge is -2.23. The molecule has 1 atom stereocenters. The summed E-state index contributed by atoms with van der Waals surface area (Å²) in [7, 11) is 0. The van der Waals surface area contributed by atoms with Crippen LogP contribution in [-0.2, 0) is 9.47 Å². The van der Waals surface area contributed by atoms with Crippen LogP contribution in [0.4, 0.5) is 11.5 Å². The van der Waals surface area contributed by atoms with E-state index in [1.165, 1.54) is 18.2 Å². The Kier molecular flexibility index (Phi) is 5.44. The number of unbranched alkanes of at least 4 members (excludes halogenated alkanes) is 1. The van der Waals surface area contributed by atoms with Gasteiger partial charge in [-0.25, -0.2) is 0 Å². The molecule has 2 aliphatic heterocycles. The first-order chi connectivity index (χ1) is 12.4. The van der Waals surface area contributed by atoms with E-state index in [1.54, 1.807) is 11.9 Å². The highest BCUT2D eigenvalue weighted by Gasteiger charge is 2.19. The number of para-hydroxylation sites is 1. The number of hydrazone groups is 1.